The molecule has 3 atom stereocenters. The van der Waals surface area contributed by atoms with Gasteiger partial charge in [-0.15, -0.1) is 0 Å². The fourth-order valence-corrected chi connectivity index (χ4v) is 3.96. The van der Waals surface area contributed by atoms with E-state index in [1.54, 1.807) is 6.07 Å². The molecule has 0 saturated carbocycles. The lowest BCUT2D eigenvalue weighted by Crippen LogP contribution is -2.47. The highest BCUT2D eigenvalue weighted by molar-refractivity contribution is 5.33. The Labute approximate surface area is 150 Å². The summed E-state index contributed by atoms with van der Waals surface area (Å²) < 4.78 is 0. The van der Waals surface area contributed by atoms with Crippen LogP contribution in [0.1, 0.15) is 43.9 Å². The van der Waals surface area contributed by atoms with Gasteiger partial charge in [-0.05, 0) is 54.0 Å². The third-order valence-corrected chi connectivity index (χ3v) is 5.98. The number of aliphatic hydroxyl groups excluding tert-OH is 1. The molecule has 0 aromatic heterocycles. The average Bonchev–Trinajstić information content (AvgIpc) is 2.63. The van der Waals surface area contributed by atoms with Gasteiger partial charge in [0.05, 0.1) is 6.10 Å². The fraction of sp³-hybridized carbons (Fsp3) is 0.455. The molecule has 1 aliphatic rings. The van der Waals surface area contributed by atoms with Crippen molar-refractivity contribution in [1.82, 2.24) is 4.90 Å². The molecule has 2 aromatic rings. The molecule has 134 valence electrons. The summed E-state index contributed by atoms with van der Waals surface area (Å²) in [6.07, 6.45) is 1.44. The van der Waals surface area contributed by atoms with E-state index >= 15 is 0 Å². The zero-order valence-corrected chi connectivity index (χ0v) is 15.2. The summed E-state index contributed by atoms with van der Waals surface area (Å²) in [6.45, 7) is 7.56. The van der Waals surface area contributed by atoms with Gasteiger partial charge in [0.25, 0.3) is 0 Å². The van der Waals surface area contributed by atoms with Gasteiger partial charge in [-0.1, -0.05) is 56.3 Å². The van der Waals surface area contributed by atoms with Crippen LogP contribution in [0.2, 0.25) is 0 Å². The summed E-state index contributed by atoms with van der Waals surface area (Å²) in [5, 5.41) is 20.2. The smallest absolute Gasteiger partial charge is 0.115 e. The molecule has 0 spiro atoms. The van der Waals surface area contributed by atoms with Crippen molar-refractivity contribution in [3.8, 4) is 5.75 Å². The Kier molecular flexibility index (Phi) is 5.45. The van der Waals surface area contributed by atoms with Crippen molar-refractivity contribution in [2.45, 2.75) is 38.2 Å². The molecule has 3 heteroatoms. The van der Waals surface area contributed by atoms with E-state index in [4.69, 9.17) is 0 Å². The number of nitrogens with zero attached hydrogens (tertiary/aromatic N) is 1. The molecule has 0 unspecified atom stereocenters. The number of aliphatic hydroxyl groups is 1. The molecule has 0 aliphatic carbocycles. The highest BCUT2D eigenvalue weighted by Gasteiger charge is 2.38. The largest absolute Gasteiger partial charge is 0.508 e. The monoisotopic (exact) mass is 339 g/mol. The number of aromatic hydroxyl groups is 1. The van der Waals surface area contributed by atoms with Crippen molar-refractivity contribution in [3.63, 3.8) is 0 Å². The second-order valence-corrected chi connectivity index (χ2v) is 7.63. The summed E-state index contributed by atoms with van der Waals surface area (Å²) in [5.74, 6) is 0.844. The Hall–Kier alpha value is -1.84. The first-order valence-electron chi connectivity index (χ1n) is 9.24. The minimum Gasteiger partial charge on any atom is -0.508 e. The van der Waals surface area contributed by atoms with Gasteiger partial charge in [0.2, 0.25) is 0 Å². The first-order valence-corrected chi connectivity index (χ1v) is 9.24. The van der Waals surface area contributed by atoms with Crippen molar-refractivity contribution in [2.75, 3.05) is 19.6 Å². The van der Waals surface area contributed by atoms with Crippen LogP contribution in [0.4, 0.5) is 0 Å². The molecule has 25 heavy (non-hydrogen) atoms. The van der Waals surface area contributed by atoms with Gasteiger partial charge in [-0.3, -0.25) is 0 Å². The molecular formula is C22H29NO2. The second kappa shape index (κ2) is 7.59. The summed E-state index contributed by atoms with van der Waals surface area (Å²) in [5.41, 5.74) is 2.31. The molecular weight excluding hydrogens is 310 g/mol. The van der Waals surface area contributed by atoms with Crippen LogP contribution in [-0.4, -0.2) is 34.7 Å². The first kappa shape index (κ1) is 18.0. The van der Waals surface area contributed by atoms with Gasteiger partial charge in [0, 0.05) is 13.1 Å². The quantitative estimate of drug-likeness (QED) is 0.861. The van der Waals surface area contributed by atoms with Gasteiger partial charge in [0.15, 0.2) is 0 Å². The van der Waals surface area contributed by atoms with Crippen molar-refractivity contribution in [1.29, 1.82) is 0 Å². The Bertz CT molecular complexity index is 687. The highest BCUT2D eigenvalue weighted by atomic mass is 16.3. The number of rotatable bonds is 5. The lowest BCUT2D eigenvalue weighted by molar-refractivity contribution is 0.0868. The second-order valence-electron chi connectivity index (χ2n) is 7.63. The number of piperidine rings is 1. The van der Waals surface area contributed by atoms with Crippen LogP contribution < -0.4 is 0 Å². The standard InChI is InChI=1S/C22H29NO2/c1-17-16-23(13-11-21(25)18-7-4-3-5-8-18)14-12-22(17,2)19-9-6-10-20(24)15-19/h3-10,15,17,21,24-25H,11-14,16H2,1-2H3/t17-,21+,22+/m0/s1. The van der Waals surface area contributed by atoms with Gasteiger partial charge >= 0.3 is 0 Å². The number of likely N-dealkylation sites (tertiary alicyclic amines) is 1. The van der Waals surface area contributed by atoms with E-state index < -0.39 is 6.10 Å². The van der Waals surface area contributed by atoms with Gasteiger partial charge in [-0.2, -0.15) is 0 Å². The van der Waals surface area contributed by atoms with Gasteiger partial charge in [-0.25, -0.2) is 0 Å². The number of phenolic OH excluding ortho intramolecular Hbond substituents is 1. The van der Waals surface area contributed by atoms with Gasteiger partial charge in [0.1, 0.15) is 5.75 Å². The summed E-state index contributed by atoms with van der Waals surface area (Å²) in [4.78, 5) is 2.46. The lowest BCUT2D eigenvalue weighted by atomic mass is 9.68. The van der Waals surface area contributed by atoms with E-state index in [0.29, 0.717) is 11.7 Å². The summed E-state index contributed by atoms with van der Waals surface area (Å²) in [7, 11) is 0. The molecule has 0 bridgehead atoms. The van der Waals surface area contributed by atoms with Crippen molar-refractivity contribution in [2.24, 2.45) is 5.92 Å². The number of hydrogen-bond acceptors (Lipinski definition) is 3. The maximum atomic E-state index is 10.4. The highest BCUT2D eigenvalue weighted by Crippen LogP contribution is 2.40. The number of benzene rings is 2. The first-order chi connectivity index (χ1) is 12.0. The van der Waals surface area contributed by atoms with Crippen molar-refractivity contribution >= 4 is 0 Å². The predicted octanol–water partition coefficient (Wildman–Crippen LogP) is 4.12. The molecule has 3 rings (SSSR count). The topological polar surface area (TPSA) is 43.7 Å². The van der Waals surface area contributed by atoms with Crippen LogP contribution in [-0.2, 0) is 5.41 Å². The summed E-state index contributed by atoms with van der Waals surface area (Å²) in [6, 6.07) is 17.6. The Balaban J connectivity index is 1.58. The number of hydrogen-bond donors (Lipinski definition) is 2. The van der Waals surface area contributed by atoms with E-state index in [1.165, 1.54) is 5.56 Å². The molecule has 3 nitrogen and oxygen atoms in total. The molecule has 0 radical (unpaired) electrons. The van der Waals surface area contributed by atoms with Crippen LogP contribution >= 0.6 is 0 Å². The zero-order chi connectivity index (χ0) is 17.9. The summed E-state index contributed by atoms with van der Waals surface area (Å²) >= 11 is 0. The maximum absolute atomic E-state index is 10.4. The zero-order valence-electron chi connectivity index (χ0n) is 15.2. The molecule has 0 amide bonds. The van der Waals surface area contributed by atoms with Crippen LogP contribution in [0.5, 0.6) is 5.75 Å². The van der Waals surface area contributed by atoms with Crippen LogP contribution in [0.15, 0.2) is 54.6 Å². The Morgan fingerprint density at radius 2 is 1.92 bits per heavy atom. The Morgan fingerprint density at radius 3 is 2.60 bits per heavy atom. The van der Waals surface area contributed by atoms with E-state index in [9.17, 15) is 10.2 Å². The van der Waals surface area contributed by atoms with Crippen LogP contribution in [0, 0.1) is 5.92 Å². The molecule has 1 saturated heterocycles. The third kappa shape index (κ3) is 4.05. The molecule has 1 fully saturated rings. The van der Waals surface area contributed by atoms with E-state index in [0.717, 1.165) is 38.0 Å². The third-order valence-electron chi connectivity index (χ3n) is 5.98. The van der Waals surface area contributed by atoms with E-state index in [-0.39, 0.29) is 5.41 Å². The minimum atomic E-state index is -0.393. The van der Waals surface area contributed by atoms with Crippen molar-refractivity contribution in [3.05, 3.63) is 65.7 Å². The molecule has 1 heterocycles. The average molecular weight is 339 g/mol. The molecule has 1 aliphatic heterocycles. The maximum Gasteiger partial charge on any atom is 0.115 e. The van der Waals surface area contributed by atoms with E-state index in [1.807, 2.05) is 42.5 Å². The normalized spacial score (nSPS) is 25.6. The minimum absolute atomic E-state index is 0.0906. The van der Waals surface area contributed by atoms with E-state index in [2.05, 4.69) is 24.8 Å². The molecule has 2 aromatic carbocycles. The van der Waals surface area contributed by atoms with Crippen molar-refractivity contribution < 1.29 is 10.2 Å². The fourth-order valence-electron chi connectivity index (χ4n) is 3.96. The SMILES string of the molecule is C[C@H]1CN(CC[C@@H](O)c2ccccc2)CC[C@@]1(C)c1cccc(O)c1. The van der Waals surface area contributed by atoms with Gasteiger partial charge < -0.3 is 15.1 Å². The Morgan fingerprint density at radius 1 is 1.16 bits per heavy atom. The van der Waals surface area contributed by atoms with Crippen LogP contribution in [0.25, 0.3) is 0 Å². The number of phenols is 1. The molecule has 2 N–H and O–H groups in total. The predicted molar refractivity (Wildman–Crippen MR) is 102 cm³/mol. The lowest BCUT2D eigenvalue weighted by Gasteiger charge is -2.45. The van der Waals surface area contributed by atoms with Crippen LogP contribution in [0.3, 0.4) is 0 Å².